The van der Waals surface area contributed by atoms with Gasteiger partial charge in [0.25, 0.3) is 5.91 Å². The number of imidazole rings is 1. The summed E-state index contributed by atoms with van der Waals surface area (Å²) in [5.74, 6) is 0.655. The minimum atomic E-state index is -0.0547. The van der Waals surface area contributed by atoms with Gasteiger partial charge in [-0.25, -0.2) is 4.98 Å². The summed E-state index contributed by atoms with van der Waals surface area (Å²) in [5, 5.41) is 0.566. The standard InChI is InChI=1S/C16H11ClIN3O/c17-10-5-6-12(18)11(9-10)15(22)21-8-7-20-14-4-2-1-3-13(14)19-16(20)21/h1-6,9H,7-8H2. The molecule has 1 aliphatic heterocycles. The summed E-state index contributed by atoms with van der Waals surface area (Å²) in [6.45, 7) is 1.40. The number of para-hydroxylation sites is 2. The van der Waals surface area contributed by atoms with Crippen molar-refractivity contribution in [3.05, 3.63) is 56.6 Å². The number of carbonyl (C=O) groups excluding carboxylic acids is 1. The second-order valence-corrected chi connectivity index (χ2v) is 6.73. The highest BCUT2D eigenvalue weighted by Crippen LogP contribution is 2.29. The van der Waals surface area contributed by atoms with Crippen LogP contribution < -0.4 is 4.90 Å². The van der Waals surface area contributed by atoms with Gasteiger partial charge in [0.05, 0.1) is 16.6 Å². The van der Waals surface area contributed by atoms with E-state index >= 15 is 0 Å². The summed E-state index contributed by atoms with van der Waals surface area (Å²) < 4.78 is 2.98. The molecule has 0 fully saturated rings. The average Bonchev–Trinajstić information content (AvgIpc) is 3.08. The molecular formula is C16H11ClIN3O. The number of aromatic nitrogens is 2. The topological polar surface area (TPSA) is 38.1 Å². The molecule has 1 aromatic heterocycles. The summed E-state index contributed by atoms with van der Waals surface area (Å²) in [4.78, 5) is 19.2. The van der Waals surface area contributed by atoms with E-state index in [0.29, 0.717) is 23.1 Å². The number of fused-ring (bicyclic) bond motifs is 3. The third-order valence-electron chi connectivity index (χ3n) is 3.83. The summed E-state index contributed by atoms with van der Waals surface area (Å²) >= 11 is 8.20. The van der Waals surface area contributed by atoms with Crippen LogP contribution in [0.2, 0.25) is 5.02 Å². The van der Waals surface area contributed by atoms with Crippen LogP contribution in [0, 0.1) is 3.57 Å². The maximum atomic E-state index is 12.9. The number of hydrogen-bond donors (Lipinski definition) is 0. The molecule has 0 aliphatic carbocycles. The quantitative estimate of drug-likeness (QED) is 0.556. The third-order valence-corrected chi connectivity index (χ3v) is 5.00. The molecule has 0 unspecified atom stereocenters. The number of amides is 1. The van der Waals surface area contributed by atoms with E-state index in [4.69, 9.17) is 11.6 Å². The second-order valence-electron chi connectivity index (χ2n) is 5.13. The molecule has 0 bridgehead atoms. The molecule has 4 rings (SSSR count). The van der Waals surface area contributed by atoms with Crippen molar-refractivity contribution in [3.63, 3.8) is 0 Å². The van der Waals surface area contributed by atoms with E-state index in [0.717, 1.165) is 21.1 Å². The van der Waals surface area contributed by atoms with Gasteiger partial charge in [-0.15, -0.1) is 0 Å². The van der Waals surface area contributed by atoms with E-state index in [1.807, 2.05) is 30.3 Å². The van der Waals surface area contributed by atoms with Crippen molar-refractivity contribution in [2.75, 3.05) is 11.4 Å². The van der Waals surface area contributed by atoms with Crippen LogP contribution in [0.25, 0.3) is 11.0 Å². The minimum Gasteiger partial charge on any atom is -0.308 e. The summed E-state index contributed by atoms with van der Waals surface area (Å²) in [6.07, 6.45) is 0. The molecule has 1 aliphatic rings. The first-order chi connectivity index (χ1) is 10.6. The Balaban J connectivity index is 1.80. The Kier molecular flexibility index (Phi) is 3.34. The van der Waals surface area contributed by atoms with Gasteiger partial charge in [-0.1, -0.05) is 23.7 Å². The maximum absolute atomic E-state index is 12.9. The lowest BCUT2D eigenvalue weighted by atomic mass is 10.2. The van der Waals surface area contributed by atoms with E-state index in [-0.39, 0.29) is 5.91 Å². The molecular weight excluding hydrogens is 413 g/mol. The summed E-state index contributed by atoms with van der Waals surface area (Å²) in [6, 6.07) is 13.3. The van der Waals surface area contributed by atoms with Crippen LogP contribution in [0.4, 0.5) is 5.95 Å². The molecule has 4 nitrogen and oxygen atoms in total. The lowest BCUT2D eigenvalue weighted by Gasteiger charge is -2.15. The zero-order chi connectivity index (χ0) is 15.3. The SMILES string of the molecule is O=C(c1cc(Cl)ccc1I)N1CCn2c1nc1ccccc12. The Hall–Kier alpha value is -1.60. The number of rotatable bonds is 1. The number of halogens is 2. The van der Waals surface area contributed by atoms with Crippen molar-refractivity contribution < 1.29 is 4.79 Å². The van der Waals surface area contributed by atoms with Crippen LogP contribution in [-0.4, -0.2) is 22.0 Å². The van der Waals surface area contributed by atoms with Crippen molar-refractivity contribution in [1.82, 2.24) is 9.55 Å². The summed E-state index contributed by atoms with van der Waals surface area (Å²) in [7, 11) is 0. The van der Waals surface area contributed by atoms with Crippen LogP contribution in [0.15, 0.2) is 42.5 Å². The fourth-order valence-corrected chi connectivity index (χ4v) is 3.53. The highest BCUT2D eigenvalue weighted by atomic mass is 127. The predicted octanol–water partition coefficient (Wildman–Crippen LogP) is 3.95. The number of hydrogen-bond acceptors (Lipinski definition) is 2. The lowest BCUT2D eigenvalue weighted by molar-refractivity contribution is 0.0988. The first-order valence-corrected chi connectivity index (χ1v) is 8.33. The first-order valence-electron chi connectivity index (χ1n) is 6.87. The van der Waals surface area contributed by atoms with E-state index < -0.39 is 0 Å². The van der Waals surface area contributed by atoms with E-state index in [9.17, 15) is 4.79 Å². The number of benzene rings is 2. The Morgan fingerprint density at radius 1 is 1.18 bits per heavy atom. The fourth-order valence-electron chi connectivity index (χ4n) is 2.79. The van der Waals surface area contributed by atoms with Gasteiger partial charge in [0.15, 0.2) is 0 Å². The van der Waals surface area contributed by atoms with E-state index in [1.165, 1.54) is 0 Å². The monoisotopic (exact) mass is 423 g/mol. The van der Waals surface area contributed by atoms with E-state index in [2.05, 4.69) is 32.1 Å². The normalized spacial score (nSPS) is 13.6. The maximum Gasteiger partial charge on any atom is 0.261 e. The number of anilines is 1. The van der Waals surface area contributed by atoms with Crippen LogP contribution in [-0.2, 0) is 6.54 Å². The van der Waals surface area contributed by atoms with Gasteiger partial charge in [-0.2, -0.15) is 0 Å². The molecule has 0 radical (unpaired) electrons. The largest absolute Gasteiger partial charge is 0.308 e. The number of nitrogens with zero attached hydrogens (tertiary/aromatic N) is 3. The Labute approximate surface area is 145 Å². The smallest absolute Gasteiger partial charge is 0.261 e. The van der Waals surface area contributed by atoms with Gasteiger partial charge in [0.2, 0.25) is 5.95 Å². The van der Waals surface area contributed by atoms with Crippen LogP contribution in [0.5, 0.6) is 0 Å². The van der Waals surface area contributed by atoms with Crippen molar-refractivity contribution in [3.8, 4) is 0 Å². The molecule has 110 valence electrons. The van der Waals surface area contributed by atoms with Gasteiger partial charge in [0.1, 0.15) is 0 Å². The van der Waals surface area contributed by atoms with Gasteiger partial charge < -0.3 is 4.57 Å². The third kappa shape index (κ3) is 2.11. The average molecular weight is 424 g/mol. The molecule has 1 amide bonds. The zero-order valence-corrected chi connectivity index (χ0v) is 14.4. The Bertz CT molecular complexity index is 906. The second kappa shape index (κ2) is 5.24. The highest BCUT2D eigenvalue weighted by molar-refractivity contribution is 14.1. The molecule has 0 spiro atoms. The van der Waals surface area contributed by atoms with Crippen LogP contribution in [0.3, 0.4) is 0 Å². The fraction of sp³-hybridized carbons (Fsp3) is 0.125. The molecule has 3 aromatic rings. The molecule has 0 N–H and O–H groups in total. The molecule has 22 heavy (non-hydrogen) atoms. The molecule has 2 heterocycles. The number of carbonyl (C=O) groups is 1. The minimum absolute atomic E-state index is 0.0547. The van der Waals surface area contributed by atoms with Crippen molar-refractivity contribution in [1.29, 1.82) is 0 Å². The van der Waals surface area contributed by atoms with Crippen LogP contribution >= 0.6 is 34.2 Å². The van der Waals surface area contributed by atoms with Gasteiger partial charge in [-0.3, -0.25) is 9.69 Å². The molecule has 0 saturated carbocycles. The van der Waals surface area contributed by atoms with Gasteiger partial charge in [0, 0.05) is 21.7 Å². The molecule has 0 saturated heterocycles. The van der Waals surface area contributed by atoms with Gasteiger partial charge in [-0.05, 0) is 52.9 Å². The molecule has 6 heteroatoms. The van der Waals surface area contributed by atoms with Crippen molar-refractivity contribution >= 4 is 57.1 Å². The Morgan fingerprint density at radius 3 is 2.86 bits per heavy atom. The van der Waals surface area contributed by atoms with Crippen molar-refractivity contribution in [2.24, 2.45) is 0 Å². The van der Waals surface area contributed by atoms with Crippen LogP contribution in [0.1, 0.15) is 10.4 Å². The lowest BCUT2D eigenvalue weighted by Crippen LogP contribution is -2.30. The van der Waals surface area contributed by atoms with E-state index in [1.54, 1.807) is 17.0 Å². The van der Waals surface area contributed by atoms with Crippen molar-refractivity contribution in [2.45, 2.75) is 6.54 Å². The zero-order valence-electron chi connectivity index (χ0n) is 11.5. The van der Waals surface area contributed by atoms with Gasteiger partial charge >= 0.3 is 0 Å². The molecule has 0 atom stereocenters. The first kappa shape index (κ1) is 14.0. The summed E-state index contributed by atoms with van der Waals surface area (Å²) in [5.41, 5.74) is 2.60. The Morgan fingerprint density at radius 2 is 2.00 bits per heavy atom. The highest BCUT2D eigenvalue weighted by Gasteiger charge is 2.29. The predicted molar refractivity (Wildman–Crippen MR) is 95.6 cm³/mol. The molecule has 2 aromatic carbocycles.